The van der Waals surface area contributed by atoms with Gasteiger partial charge in [0.25, 0.3) is 0 Å². The fourth-order valence-electron chi connectivity index (χ4n) is 1.78. The molecule has 1 aromatic rings. The van der Waals surface area contributed by atoms with Crippen LogP contribution in [0.3, 0.4) is 0 Å². The van der Waals surface area contributed by atoms with Gasteiger partial charge in [0, 0.05) is 18.3 Å². The van der Waals surface area contributed by atoms with Gasteiger partial charge in [-0.05, 0) is 39.2 Å². The Balaban J connectivity index is 2.83. The molecule has 0 bridgehead atoms. The van der Waals surface area contributed by atoms with Gasteiger partial charge in [0.2, 0.25) is 0 Å². The molecule has 2 N–H and O–H groups in total. The fraction of sp³-hybridized carbons (Fsp3) is 0.727. The molecule has 0 radical (unpaired) electrons. The van der Waals surface area contributed by atoms with Crippen molar-refractivity contribution in [3.8, 4) is 0 Å². The Morgan fingerprint density at radius 2 is 2.13 bits per heavy atom. The highest BCUT2D eigenvalue weighted by Crippen LogP contribution is 2.15. The summed E-state index contributed by atoms with van der Waals surface area (Å²) in [5.74, 6) is 0. The van der Waals surface area contributed by atoms with E-state index >= 15 is 0 Å². The third-order valence-electron chi connectivity index (χ3n) is 2.56. The zero-order valence-electron chi connectivity index (χ0n) is 9.76. The van der Waals surface area contributed by atoms with Crippen LogP contribution in [0, 0.1) is 13.8 Å². The molecule has 15 heavy (non-hydrogen) atoms. The minimum absolute atomic E-state index is 0.140. The van der Waals surface area contributed by atoms with Crippen LogP contribution in [0.1, 0.15) is 30.3 Å². The summed E-state index contributed by atoms with van der Waals surface area (Å²) in [6, 6.07) is 0.140. The Bertz CT molecular complexity index is 318. The van der Waals surface area contributed by atoms with E-state index in [2.05, 4.69) is 5.10 Å². The van der Waals surface area contributed by atoms with Gasteiger partial charge in [-0.15, -0.1) is 0 Å². The highest BCUT2D eigenvalue weighted by molar-refractivity contribution is 5.25. The molecule has 1 atom stereocenters. The average molecular weight is 213 g/mol. The molecular formula is C11H20FN3. The number of halogens is 1. The van der Waals surface area contributed by atoms with Crippen molar-refractivity contribution >= 4 is 0 Å². The molecule has 0 aliphatic rings. The maximum atomic E-state index is 12.1. The smallest absolute Gasteiger partial charge is 0.0912 e. The monoisotopic (exact) mass is 213 g/mol. The van der Waals surface area contributed by atoms with E-state index in [1.807, 2.05) is 25.5 Å². The maximum absolute atomic E-state index is 12.1. The van der Waals surface area contributed by atoms with Gasteiger partial charge in [0.05, 0.1) is 12.4 Å². The summed E-state index contributed by atoms with van der Waals surface area (Å²) in [4.78, 5) is 0. The average Bonchev–Trinajstić information content (AvgIpc) is 2.42. The van der Waals surface area contributed by atoms with Gasteiger partial charge >= 0.3 is 0 Å². The maximum Gasteiger partial charge on any atom is 0.0912 e. The van der Waals surface area contributed by atoms with Crippen LogP contribution in [0.15, 0.2) is 0 Å². The van der Waals surface area contributed by atoms with E-state index in [1.54, 1.807) is 0 Å². The van der Waals surface area contributed by atoms with Crippen LogP contribution in [0.25, 0.3) is 0 Å². The standard InChI is InChI=1S/C11H20FN3/c1-8(13)7-11-9(2)14-15(10(11)3)6-4-5-12/h8H,4-7,13H2,1-3H3. The van der Waals surface area contributed by atoms with Crippen molar-refractivity contribution in [2.75, 3.05) is 6.67 Å². The van der Waals surface area contributed by atoms with E-state index in [4.69, 9.17) is 5.73 Å². The molecule has 86 valence electrons. The normalized spacial score (nSPS) is 13.1. The predicted octanol–water partition coefficient (Wildman–Crippen LogP) is 1.75. The van der Waals surface area contributed by atoms with Gasteiger partial charge in [-0.2, -0.15) is 5.10 Å². The van der Waals surface area contributed by atoms with Crippen molar-refractivity contribution in [1.82, 2.24) is 9.78 Å². The topological polar surface area (TPSA) is 43.8 Å². The second kappa shape index (κ2) is 5.26. The first-order valence-corrected chi connectivity index (χ1v) is 5.40. The van der Waals surface area contributed by atoms with E-state index in [9.17, 15) is 4.39 Å². The van der Waals surface area contributed by atoms with Crippen LogP contribution in [-0.4, -0.2) is 22.5 Å². The lowest BCUT2D eigenvalue weighted by Crippen LogP contribution is -2.18. The first-order chi connectivity index (χ1) is 7.06. The Morgan fingerprint density at radius 3 is 2.67 bits per heavy atom. The lowest BCUT2D eigenvalue weighted by Gasteiger charge is -2.06. The predicted molar refractivity (Wildman–Crippen MR) is 59.6 cm³/mol. The molecule has 0 aromatic carbocycles. The summed E-state index contributed by atoms with van der Waals surface area (Å²) in [5, 5.41) is 4.40. The molecule has 1 heterocycles. The number of nitrogens with zero attached hydrogens (tertiary/aromatic N) is 2. The van der Waals surface area contributed by atoms with Crippen molar-refractivity contribution < 1.29 is 4.39 Å². The first kappa shape index (κ1) is 12.2. The molecule has 0 fully saturated rings. The van der Waals surface area contributed by atoms with Crippen LogP contribution in [0.2, 0.25) is 0 Å². The second-order valence-electron chi connectivity index (χ2n) is 4.10. The van der Waals surface area contributed by atoms with Crippen LogP contribution in [0.4, 0.5) is 4.39 Å². The molecule has 1 unspecified atom stereocenters. The first-order valence-electron chi connectivity index (χ1n) is 5.40. The third kappa shape index (κ3) is 3.02. The zero-order valence-corrected chi connectivity index (χ0v) is 9.76. The largest absolute Gasteiger partial charge is 0.328 e. The summed E-state index contributed by atoms with van der Waals surface area (Å²) in [7, 11) is 0. The van der Waals surface area contributed by atoms with Crippen molar-refractivity contribution in [2.45, 2.75) is 46.2 Å². The minimum atomic E-state index is -0.291. The molecule has 0 aliphatic heterocycles. The molecule has 1 rings (SSSR count). The van der Waals surface area contributed by atoms with Gasteiger partial charge in [-0.3, -0.25) is 9.07 Å². The molecule has 0 aliphatic carbocycles. The van der Waals surface area contributed by atoms with Crippen LogP contribution in [-0.2, 0) is 13.0 Å². The number of alkyl halides is 1. The van der Waals surface area contributed by atoms with Gasteiger partial charge in [0.1, 0.15) is 0 Å². The van der Waals surface area contributed by atoms with Crippen molar-refractivity contribution in [1.29, 1.82) is 0 Å². The quantitative estimate of drug-likeness (QED) is 0.809. The molecule has 3 nitrogen and oxygen atoms in total. The number of aromatic nitrogens is 2. The lowest BCUT2D eigenvalue weighted by atomic mass is 10.1. The Kier molecular flexibility index (Phi) is 4.27. The molecule has 4 heteroatoms. The second-order valence-corrected chi connectivity index (χ2v) is 4.10. The lowest BCUT2D eigenvalue weighted by molar-refractivity contribution is 0.431. The Hall–Kier alpha value is -0.900. The van der Waals surface area contributed by atoms with E-state index in [0.29, 0.717) is 13.0 Å². The highest BCUT2D eigenvalue weighted by Gasteiger charge is 2.12. The van der Waals surface area contributed by atoms with Crippen molar-refractivity contribution in [3.05, 3.63) is 17.0 Å². The third-order valence-corrected chi connectivity index (χ3v) is 2.56. The summed E-state index contributed by atoms with van der Waals surface area (Å²) in [5.41, 5.74) is 9.13. The summed E-state index contributed by atoms with van der Waals surface area (Å²) >= 11 is 0. The van der Waals surface area contributed by atoms with Crippen LogP contribution < -0.4 is 5.73 Å². The van der Waals surface area contributed by atoms with Crippen molar-refractivity contribution in [2.24, 2.45) is 5.73 Å². The number of hydrogen-bond donors (Lipinski definition) is 1. The van der Waals surface area contributed by atoms with Crippen LogP contribution in [0.5, 0.6) is 0 Å². The number of hydrogen-bond acceptors (Lipinski definition) is 2. The van der Waals surface area contributed by atoms with Crippen LogP contribution >= 0.6 is 0 Å². The molecule has 1 aromatic heterocycles. The number of rotatable bonds is 5. The Morgan fingerprint density at radius 1 is 1.47 bits per heavy atom. The van der Waals surface area contributed by atoms with E-state index in [1.165, 1.54) is 5.56 Å². The van der Waals surface area contributed by atoms with Gasteiger partial charge in [0.15, 0.2) is 0 Å². The van der Waals surface area contributed by atoms with Crippen molar-refractivity contribution in [3.63, 3.8) is 0 Å². The van der Waals surface area contributed by atoms with Gasteiger partial charge in [-0.25, -0.2) is 0 Å². The Labute approximate surface area is 90.5 Å². The number of aryl methyl sites for hydroxylation is 2. The van der Waals surface area contributed by atoms with Gasteiger partial charge in [-0.1, -0.05) is 0 Å². The van der Waals surface area contributed by atoms with E-state index in [-0.39, 0.29) is 12.7 Å². The molecule has 0 amide bonds. The number of nitrogens with two attached hydrogens (primary N) is 1. The fourth-order valence-corrected chi connectivity index (χ4v) is 1.78. The summed E-state index contributed by atoms with van der Waals surface area (Å²) < 4.78 is 13.9. The molecule has 0 saturated carbocycles. The molecule has 0 spiro atoms. The summed E-state index contributed by atoms with van der Waals surface area (Å²) in [6.45, 7) is 6.35. The highest BCUT2D eigenvalue weighted by atomic mass is 19.1. The SMILES string of the molecule is Cc1nn(CCCF)c(C)c1CC(C)N. The van der Waals surface area contributed by atoms with E-state index < -0.39 is 0 Å². The minimum Gasteiger partial charge on any atom is -0.328 e. The van der Waals surface area contributed by atoms with Gasteiger partial charge < -0.3 is 5.73 Å². The summed E-state index contributed by atoms with van der Waals surface area (Å²) in [6.07, 6.45) is 1.37. The molecule has 0 saturated heterocycles. The zero-order chi connectivity index (χ0) is 11.4. The molecular weight excluding hydrogens is 193 g/mol. The van der Waals surface area contributed by atoms with E-state index in [0.717, 1.165) is 17.8 Å².